The molecule has 0 spiro atoms. The number of nitrogens with zero attached hydrogens (tertiary/aromatic N) is 3. The van der Waals surface area contributed by atoms with E-state index in [9.17, 15) is 4.79 Å². The van der Waals surface area contributed by atoms with Crippen molar-refractivity contribution in [2.75, 3.05) is 20.8 Å². The molecule has 1 aliphatic heterocycles. The normalized spacial score (nSPS) is 17.6. The van der Waals surface area contributed by atoms with E-state index in [4.69, 9.17) is 21.1 Å². The monoisotopic (exact) mass is 405 g/mol. The Morgan fingerprint density at radius 3 is 2.68 bits per heavy atom. The van der Waals surface area contributed by atoms with E-state index in [0.717, 1.165) is 47.8 Å². The van der Waals surface area contributed by atoms with Crippen LogP contribution in [0.2, 0.25) is 5.02 Å². The van der Waals surface area contributed by atoms with E-state index in [-0.39, 0.29) is 18.0 Å². The molecule has 6 nitrogen and oxygen atoms in total. The summed E-state index contributed by atoms with van der Waals surface area (Å²) in [7, 11) is 3.30. The van der Waals surface area contributed by atoms with Gasteiger partial charge in [-0.25, -0.2) is 0 Å². The zero-order chi connectivity index (χ0) is 20.4. The van der Waals surface area contributed by atoms with Crippen LogP contribution in [0.3, 0.4) is 0 Å². The number of halogens is 1. The highest BCUT2D eigenvalue weighted by Gasteiger charge is 2.33. The molecule has 2 heterocycles. The van der Waals surface area contributed by atoms with Crippen molar-refractivity contribution in [3.63, 3.8) is 0 Å². The first-order chi connectivity index (χ1) is 13.4. The highest BCUT2D eigenvalue weighted by atomic mass is 35.5. The fourth-order valence-electron chi connectivity index (χ4n) is 4.02. The number of likely N-dealkylation sites (tertiary alicyclic amines) is 1. The van der Waals surface area contributed by atoms with Crippen molar-refractivity contribution in [2.45, 2.75) is 52.1 Å². The Morgan fingerprint density at radius 2 is 2.07 bits per heavy atom. The summed E-state index contributed by atoms with van der Waals surface area (Å²) in [6, 6.07) is 5.67. The molecule has 2 aromatic rings. The predicted octanol–water partition coefficient (Wildman–Crippen LogP) is 4.49. The Labute approximate surface area is 171 Å². The zero-order valence-corrected chi connectivity index (χ0v) is 17.9. The van der Waals surface area contributed by atoms with Gasteiger partial charge in [-0.2, -0.15) is 5.10 Å². The van der Waals surface area contributed by atoms with Crippen molar-refractivity contribution in [3.8, 4) is 11.5 Å². The zero-order valence-electron chi connectivity index (χ0n) is 17.2. The molecule has 152 valence electrons. The van der Waals surface area contributed by atoms with Gasteiger partial charge in [0.25, 0.3) is 0 Å². The van der Waals surface area contributed by atoms with Gasteiger partial charge in [-0.05, 0) is 51.8 Å². The predicted molar refractivity (Wildman–Crippen MR) is 109 cm³/mol. The van der Waals surface area contributed by atoms with E-state index in [1.807, 2.05) is 48.6 Å². The van der Waals surface area contributed by atoms with Gasteiger partial charge >= 0.3 is 0 Å². The maximum atomic E-state index is 13.1. The van der Waals surface area contributed by atoms with Crippen LogP contribution < -0.4 is 9.47 Å². The van der Waals surface area contributed by atoms with Crippen molar-refractivity contribution in [2.24, 2.45) is 0 Å². The molecule has 1 saturated heterocycles. The molecular weight excluding hydrogens is 378 g/mol. The van der Waals surface area contributed by atoms with E-state index in [0.29, 0.717) is 11.4 Å². The number of hydrogen-bond donors (Lipinski definition) is 0. The lowest BCUT2D eigenvalue weighted by Gasteiger charge is -2.28. The molecule has 3 rings (SSSR count). The van der Waals surface area contributed by atoms with Gasteiger partial charge in [0.15, 0.2) is 0 Å². The lowest BCUT2D eigenvalue weighted by atomic mass is 10.0. The lowest BCUT2D eigenvalue weighted by molar-refractivity contribution is -0.133. The van der Waals surface area contributed by atoms with Crippen LogP contribution in [0, 0.1) is 13.8 Å². The Bertz CT molecular complexity index is 865. The molecule has 7 heteroatoms. The third-order valence-electron chi connectivity index (χ3n) is 5.49. The number of amides is 1. The van der Waals surface area contributed by atoms with Crippen LogP contribution in [0.4, 0.5) is 0 Å². The van der Waals surface area contributed by atoms with Crippen molar-refractivity contribution < 1.29 is 14.3 Å². The summed E-state index contributed by atoms with van der Waals surface area (Å²) < 4.78 is 12.8. The van der Waals surface area contributed by atoms with Crippen LogP contribution in [0.15, 0.2) is 18.2 Å². The molecule has 0 unspecified atom stereocenters. The van der Waals surface area contributed by atoms with E-state index >= 15 is 0 Å². The summed E-state index contributed by atoms with van der Waals surface area (Å²) in [5.41, 5.74) is 2.68. The number of benzene rings is 1. The largest absolute Gasteiger partial charge is 0.497 e. The quantitative estimate of drug-likeness (QED) is 0.710. The highest BCUT2D eigenvalue weighted by molar-refractivity contribution is 6.31. The number of rotatable bonds is 6. The first-order valence-corrected chi connectivity index (χ1v) is 9.97. The standard InChI is InChI=1S/C21H28ClN3O3/c1-13(25-15(3)21(22)14(2)23-25)11-20(26)24-10-6-7-18(24)17-12-16(27-4)8-9-19(17)28-5/h8-9,12-13,18H,6-7,10-11H2,1-5H3/t13-,18+/m1/s1. The summed E-state index contributed by atoms with van der Waals surface area (Å²) in [5, 5.41) is 5.16. The summed E-state index contributed by atoms with van der Waals surface area (Å²) in [6.45, 7) is 6.56. The molecule has 0 N–H and O–H groups in total. The first kappa shape index (κ1) is 20.5. The summed E-state index contributed by atoms with van der Waals surface area (Å²) in [4.78, 5) is 15.1. The second kappa shape index (κ2) is 8.43. The van der Waals surface area contributed by atoms with Crippen molar-refractivity contribution >= 4 is 17.5 Å². The third-order valence-corrected chi connectivity index (χ3v) is 6.04. The summed E-state index contributed by atoms with van der Waals surface area (Å²) in [5.74, 6) is 1.66. The average molecular weight is 406 g/mol. The van der Waals surface area contributed by atoms with E-state index < -0.39 is 0 Å². The number of hydrogen-bond acceptors (Lipinski definition) is 4. The van der Waals surface area contributed by atoms with Crippen molar-refractivity contribution in [1.29, 1.82) is 0 Å². The Balaban J connectivity index is 1.81. The topological polar surface area (TPSA) is 56.6 Å². The maximum Gasteiger partial charge on any atom is 0.225 e. The molecule has 1 fully saturated rings. The van der Waals surface area contributed by atoms with Crippen molar-refractivity contribution in [1.82, 2.24) is 14.7 Å². The van der Waals surface area contributed by atoms with Crippen LogP contribution in [0.5, 0.6) is 11.5 Å². The van der Waals surface area contributed by atoms with Gasteiger partial charge in [0.1, 0.15) is 11.5 Å². The molecular formula is C21H28ClN3O3. The van der Waals surface area contributed by atoms with Crippen LogP contribution in [0.25, 0.3) is 0 Å². The number of aromatic nitrogens is 2. The molecule has 0 aliphatic carbocycles. The van der Waals surface area contributed by atoms with Gasteiger partial charge < -0.3 is 14.4 Å². The smallest absolute Gasteiger partial charge is 0.225 e. The number of aryl methyl sites for hydroxylation is 1. The molecule has 2 atom stereocenters. The van der Waals surface area contributed by atoms with Gasteiger partial charge in [0.05, 0.1) is 42.7 Å². The van der Waals surface area contributed by atoms with E-state index in [2.05, 4.69) is 5.10 Å². The van der Waals surface area contributed by atoms with Crippen molar-refractivity contribution in [3.05, 3.63) is 40.2 Å². The van der Waals surface area contributed by atoms with Gasteiger partial charge in [-0.15, -0.1) is 0 Å². The Kier molecular flexibility index (Phi) is 6.18. The molecule has 0 saturated carbocycles. The van der Waals surface area contributed by atoms with Gasteiger partial charge in [-0.3, -0.25) is 9.48 Å². The minimum Gasteiger partial charge on any atom is -0.497 e. The number of carbonyl (C=O) groups is 1. The maximum absolute atomic E-state index is 13.1. The molecule has 0 radical (unpaired) electrons. The number of ether oxygens (including phenoxy) is 2. The minimum atomic E-state index is -0.0628. The molecule has 1 aliphatic rings. The number of carbonyl (C=O) groups excluding carboxylic acids is 1. The van der Waals surface area contributed by atoms with Gasteiger partial charge in [-0.1, -0.05) is 11.6 Å². The first-order valence-electron chi connectivity index (χ1n) is 9.60. The van der Waals surface area contributed by atoms with Gasteiger partial charge in [0.2, 0.25) is 5.91 Å². The lowest BCUT2D eigenvalue weighted by Crippen LogP contribution is -2.32. The van der Waals surface area contributed by atoms with Crippen LogP contribution in [-0.2, 0) is 4.79 Å². The number of methoxy groups -OCH3 is 2. The van der Waals surface area contributed by atoms with E-state index in [1.54, 1.807) is 14.2 Å². The third kappa shape index (κ3) is 3.83. The SMILES string of the molecule is COc1ccc(OC)c([C@@H]2CCCN2C(=O)C[C@@H](C)n2nc(C)c(Cl)c2C)c1. The van der Waals surface area contributed by atoms with Crippen LogP contribution >= 0.6 is 11.6 Å². The molecule has 0 bridgehead atoms. The second-order valence-electron chi connectivity index (χ2n) is 7.34. The van der Waals surface area contributed by atoms with Crippen LogP contribution in [-0.4, -0.2) is 41.4 Å². The summed E-state index contributed by atoms with van der Waals surface area (Å²) in [6.07, 6.45) is 2.26. The highest BCUT2D eigenvalue weighted by Crippen LogP contribution is 2.39. The van der Waals surface area contributed by atoms with Gasteiger partial charge in [0, 0.05) is 18.5 Å². The Hall–Kier alpha value is -2.21. The summed E-state index contributed by atoms with van der Waals surface area (Å²) >= 11 is 6.27. The fourth-order valence-corrected chi connectivity index (χ4v) is 4.14. The Morgan fingerprint density at radius 1 is 1.32 bits per heavy atom. The molecule has 1 aromatic heterocycles. The molecule has 1 amide bonds. The average Bonchev–Trinajstić information content (AvgIpc) is 3.28. The van der Waals surface area contributed by atoms with Crippen LogP contribution in [0.1, 0.15) is 55.2 Å². The van der Waals surface area contributed by atoms with E-state index in [1.165, 1.54) is 0 Å². The molecule has 28 heavy (non-hydrogen) atoms. The molecule has 1 aromatic carbocycles. The second-order valence-corrected chi connectivity index (χ2v) is 7.71. The fraction of sp³-hybridized carbons (Fsp3) is 0.524. The minimum absolute atomic E-state index is 0.00575.